The van der Waals surface area contributed by atoms with Gasteiger partial charge in [-0.2, -0.15) is 5.26 Å². The molecule has 2 aromatic rings. The van der Waals surface area contributed by atoms with Crippen LogP contribution in [0, 0.1) is 11.3 Å². The fourth-order valence-corrected chi connectivity index (χ4v) is 1.95. The van der Waals surface area contributed by atoms with Gasteiger partial charge in [0.1, 0.15) is 0 Å². The molecule has 0 spiro atoms. The molecule has 0 bridgehead atoms. The normalized spacial score (nSPS) is 9.57. The second-order valence-corrected chi connectivity index (χ2v) is 4.61. The Bertz CT molecular complexity index is 766. The van der Waals surface area contributed by atoms with Gasteiger partial charge < -0.3 is 15.4 Å². The van der Waals surface area contributed by atoms with Gasteiger partial charge in [0.25, 0.3) is 5.91 Å². The van der Waals surface area contributed by atoms with Crippen LogP contribution in [0.3, 0.4) is 0 Å². The zero-order valence-corrected chi connectivity index (χ0v) is 12.5. The average molecular weight is 309 g/mol. The van der Waals surface area contributed by atoms with Crippen molar-refractivity contribution in [2.24, 2.45) is 0 Å². The third-order valence-electron chi connectivity index (χ3n) is 3.03. The molecule has 23 heavy (non-hydrogen) atoms. The molecule has 2 aromatic carbocycles. The molecule has 0 fully saturated rings. The molecule has 0 unspecified atom stereocenters. The Labute approximate surface area is 133 Å². The second-order valence-electron chi connectivity index (χ2n) is 4.61. The Kier molecular flexibility index (Phi) is 5.31. The van der Waals surface area contributed by atoms with Gasteiger partial charge in [-0.05, 0) is 30.3 Å². The largest absolute Gasteiger partial charge is 0.452 e. The molecule has 0 aliphatic rings. The van der Waals surface area contributed by atoms with Gasteiger partial charge in [0.05, 0.1) is 17.2 Å². The molecule has 2 rings (SSSR count). The van der Waals surface area contributed by atoms with Crippen molar-refractivity contribution < 1.29 is 14.3 Å². The Morgan fingerprint density at radius 3 is 2.70 bits per heavy atom. The number of rotatable bonds is 5. The summed E-state index contributed by atoms with van der Waals surface area (Å²) in [6.07, 6.45) is 0. The third-order valence-corrected chi connectivity index (χ3v) is 3.03. The highest BCUT2D eigenvalue weighted by atomic mass is 16.5. The maximum Gasteiger partial charge on any atom is 0.340 e. The number of amides is 1. The predicted octanol–water partition coefficient (Wildman–Crippen LogP) is 2.40. The van der Waals surface area contributed by atoms with Crippen LogP contribution in [0.5, 0.6) is 0 Å². The number of ether oxygens (including phenoxy) is 1. The SMILES string of the molecule is CNc1ccccc1C(=O)OCC(=O)Nc1cccc(C#N)c1. The molecule has 0 radical (unpaired) electrons. The first-order chi connectivity index (χ1) is 11.1. The molecular weight excluding hydrogens is 294 g/mol. The molecule has 116 valence electrons. The van der Waals surface area contributed by atoms with E-state index in [1.807, 2.05) is 6.07 Å². The molecule has 0 heterocycles. The topological polar surface area (TPSA) is 91.2 Å². The van der Waals surface area contributed by atoms with E-state index in [1.165, 1.54) is 6.07 Å². The van der Waals surface area contributed by atoms with Crippen LogP contribution in [0.15, 0.2) is 48.5 Å². The highest BCUT2D eigenvalue weighted by Crippen LogP contribution is 2.15. The minimum Gasteiger partial charge on any atom is -0.452 e. The van der Waals surface area contributed by atoms with E-state index in [0.29, 0.717) is 22.5 Å². The standard InChI is InChI=1S/C17H15N3O3/c1-19-15-8-3-2-7-14(15)17(22)23-11-16(21)20-13-6-4-5-12(9-13)10-18/h2-9,19H,11H2,1H3,(H,20,21). The van der Waals surface area contributed by atoms with Crippen molar-refractivity contribution in [2.75, 3.05) is 24.3 Å². The van der Waals surface area contributed by atoms with Crippen molar-refractivity contribution in [3.8, 4) is 6.07 Å². The molecule has 1 amide bonds. The summed E-state index contributed by atoms with van der Waals surface area (Å²) in [5.41, 5.74) is 1.89. The molecule has 2 N–H and O–H groups in total. The molecule has 6 heteroatoms. The van der Waals surface area contributed by atoms with Crippen LogP contribution >= 0.6 is 0 Å². The number of carbonyl (C=O) groups excluding carboxylic acids is 2. The minimum atomic E-state index is -0.587. The fraction of sp³-hybridized carbons (Fsp3) is 0.118. The lowest BCUT2D eigenvalue weighted by Gasteiger charge is -2.09. The number of hydrogen-bond donors (Lipinski definition) is 2. The maximum absolute atomic E-state index is 12.0. The summed E-state index contributed by atoms with van der Waals surface area (Å²) in [6, 6.07) is 15.3. The lowest BCUT2D eigenvalue weighted by molar-refractivity contribution is -0.119. The molecule has 0 saturated carbocycles. The van der Waals surface area contributed by atoms with E-state index in [-0.39, 0.29) is 0 Å². The highest BCUT2D eigenvalue weighted by molar-refractivity contribution is 5.98. The Hall–Kier alpha value is -3.33. The Balaban J connectivity index is 1.94. The van der Waals surface area contributed by atoms with Crippen molar-refractivity contribution in [1.29, 1.82) is 5.26 Å². The quantitative estimate of drug-likeness (QED) is 0.828. The summed E-state index contributed by atoms with van der Waals surface area (Å²) in [5.74, 6) is -1.06. The number of carbonyl (C=O) groups is 2. The summed E-state index contributed by atoms with van der Waals surface area (Å²) < 4.78 is 5.01. The molecule has 0 saturated heterocycles. The van der Waals surface area contributed by atoms with Gasteiger partial charge in [-0.3, -0.25) is 4.79 Å². The molecular formula is C17H15N3O3. The zero-order valence-electron chi connectivity index (χ0n) is 12.5. The summed E-state index contributed by atoms with van der Waals surface area (Å²) in [6.45, 7) is -0.409. The number of nitrogens with zero attached hydrogens (tertiary/aromatic N) is 1. The van der Waals surface area contributed by atoms with E-state index < -0.39 is 18.5 Å². The van der Waals surface area contributed by atoms with Crippen molar-refractivity contribution in [1.82, 2.24) is 0 Å². The average Bonchev–Trinajstić information content (AvgIpc) is 2.59. The summed E-state index contributed by atoms with van der Waals surface area (Å²) in [4.78, 5) is 23.8. The summed E-state index contributed by atoms with van der Waals surface area (Å²) >= 11 is 0. The number of hydrogen-bond acceptors (Lipinski definition) is 5. The smallest absolute Gasteiger partial charge is 0.340 e. The summed E-state index contributed by atoms with van der Waals surface area (Å²) in [7, 11) is 1.70. The number of para-hydroxylation sites is 1. The highest BCUT2D eigenvalue weighted by Gasteiger charge is 2.13. The van der Waals surface area contributed by atoms with Crippen molar-refractivity contribution in [2.45, 2.75) is 0 Å². The van der Waals surface area contributed by atoms with Crippen LogP contribution in [0.4, 0.5) is 11.4 Å². The zero-order chi connectivity index (χ0) is 16.7. The van der Waals surface area contributed by atoms with Crippen LogP contribution < -0.4 is 10.6 Å². The molecule has 0 aliphatic heterocycles. The number of nitriles is 1. The van der Waals surface area contributed by atoms with Crippen LogP contribution in [-0.4, -0.2) is 25.5 Å². The van der Waals surface area contributed by atoms with E-state index in [2.05, 4.69) is 10.6 Å². The minimum absolute atomic E-state index is 0.356. The molecule has 0 aromatic heterocycles. The van der Waals surface area contributed by atoms with Gasteiger partial charge in [-0.1, -0.05) is 18.2 Å². The number of esters is 1. The lowest BCUT2D eigenvalue weighted by atomic mass is 10.2. The van der Waals surface area contributed by atoms with E-state index >= 15 is 0 Å². The van der Waals surface area contributed by atoms with Crippen LogP contribution in [0.1, 0.15) is 15.9 Å². The van der Waals surface area contributed by atoms with Crippen molar-refractivity contribution in [3.05, 3.63) is 59.7 Å². The van der Waals surface area contributed by atoms with Crippen LogP contribution in [0.2, 0.25) is 0 Å². The molecule has 6 nitrogen and oxygen atoms in total. The summed E-state index contributed by atoms with van der Waals surface area (Å²) in [5, 5.41) is 14.3. The first-order valence-electron chi connectivity index (χ1n) is 6.88. The van der Waals surface area contributed by atoms with Crippen molar-refractivity contribution in [3.63, 3.8) is 0 Å². The monoisotopic (exact) mass is 309 g/mol. The molecule has 0 aliphatic carbocycles. The van der Waals surface area contributed by atoms with Crippen LogP contribution in [-0.2, 0) is 9.53 Å². The first kappa shape index (κ1) is 16.0. The van der Waals surface area contributed by atoms with Gasteiger partial charge in [-0.25, -0.2) is 4.79 Å². The third kappa shape index (κ3) is 4.32. The Morgan fingerprint density at radius 2 is 1.96 bits per heavy atom. The van der Waals surface area contributed by atoms with Crippen LogP contribution in [0.25, 0.3) is 0 Å². The predicted molar refractivity (Wildman–Crippen MR) is 86.1 cm³/mol. The van der Waals surface area contributed by atoms with E-state index in [0.717, 1.165) is 0 Å². The van der Waals surface area contributed by atoms with Gasteiger partial charge in [0, 0.05) is 18.4 Å². The second kappa shape index (κ2) is 7.61. The first-order valence-corrected chi connectivity index (χ1v) is 6.88. The fourth-order valence-electron chi connectivity index (χ4n) is 1.95. The Morgan fingerprint density at radius 1 is 1.17 bits per heavy atom. The van der Waals surface area contributed by atoms with E-state index in [9.17, 15) is 9.59 Å². The van der Waals surface area contributed by atoms with Gasteiger partial charge in [0.15, 0.2) is 6.61 Å². The number of nitrogens with one attached hydrogen (secondary N) is 2. The lowest BCUT2D eigenvalue weighted by Crippen LogP contribution is -2.21. The van der Waals surface area contributed by atoms with Gasteiger partial charge >= 0.3 is 5.97 Å². The van der Waals surface area contributed by atoms with Gasteiger partial charge in [-0.15, -0.1) is 0 Å². The van der Waals surface area contributed by atoms with E-state index in [4.69, 9.17) is 10.00 Å². The molecule has 0 atom stereocenters. The van der Waals surface area contributed by atoms with E-state index in [1.54, 1.807) is 49.5 Å². The maximum atomic E-state index is 12.0. The van der Waals surface area contributed by atoms with Crippen molar-refractivity contribution >= 4 is 23.3 Å². The number of benzene rings is 2. The van der Waals surface area contributed by atoms with Gasteiger partial charge in [0.2, 0.25) is 0 Å². The number of anilines is 2.